The maximum absolute atomic E-state index is 13.5. The molecule has 11 heteroatoms. The fraction of sp³-hybridized carbons (Fsp3) is 0.320. The van der Waals surface area contributed by atoms with Crippen molar-refractivity contribution in [2.75, 3.05) is 5.32 Å². The molecule has 0 saturated heterocycles. The van der Waals surface area contributed by atoms with Gasteiger partial charge in [0.25, 0.3) is 0 Å². The molecule has 0 amide bonds. The van der Waals surface area contributed by atoms with E-state index in [0.717, 1.165) is 53.5 Å². The zero-order valence-corrected chi connectivity index (χ0v) is 18.9. The van der Waals surface area contributed by atoms with Gasteiger partial charge < -0.3 is 5.32 Å². The molecule has 1 aliphatic rings. The van der Waals surface area contributed by atoms with Crippen LogP contribution in [0.1, 0.15) is 48.3 Å². The van der Waals surface area contributed by atoms with Crippen LogP contribution in [-0.4, -0.2) is 60.1 Å². The van der Waals surface area contributed by atoms with Gasteiger partial charge in [0, 0.05) is 23.4 Å². The molecule has 182 valence electrons. The number of rotatable bonds is 5. The monoisotopic (exact) mass is 503 g/mol. The van der Waals surface area contributed by atoms with Crippen molar-refractivity contribution >= 4 is 35.4 Å². The molecule has 7 nitrogen and oxygen atoms in total. The maximum atomic E-state index is 13.5. The van der Waals surface area contributed by atoms with E-state index < -0.39 is 12.0 Å². The van der Waals surface area contributed by atoms with Crippen LogP contribution in [0.4, 0.5) is 19.0 Å². The summed E-state index contributed by atoms with van der Waals surface area (Å²) in [5.74, 6) is -0.211. The zero-order chi connectivity index (χ0) is 24.3. The van der Waals surface area contributed by atoms with Gasteiger partial charge in [-0.2, -0.15) is 13.2 Å². The third-order valence-electron chi connectivity index (χ3n) is 6.19. The summed E-state index contributed by atoms with van der Waals surface area (Å²) in [6, 6.07) is 15.6. The molecule has 2 aromatic carbocycles. The fourth-order valence-electron chi connectivity index (χ4n) is 4.42. The van der Waals surface area contributed by atoms with Crippen LogP contribution >= 0.6 is 0 Å². The van der Waals surface area contributed by atoms with Gasteiger partial charge >= 0.3 is 35.7 Å². The minimum absolute atomic E-state index is 0. The van der Waals surface area contributed by atoms with Gasteiger partial charge in [0.1, 0.15) is 5.82 Å². The van der Waals surface area contributed by atoms with E-state index in [1.165, 1.54) is 0 Å². The van der Waals surface area contributed by atoms with Gasteiger partial charge in [-0.3, -0.25) is 0 Å². The van der Waals surface area contributed by atoms with Gasteiger partial charge in [0.05, 0.1) is 0 Å². The number of nitrogens with one attached hydrogen (secondary N) is 2. The number of alkyl halides is 3. The van der Waals surface area contributed by atoms with Crippen molar-refractivity contribution in [2.24, 2.45) is 0 Å². The summed E-state index contributed by atoms with van der Waals surface area (Å²) in [5, 5.41) is 17.3. The molecule has 0 saturated carbocycles. The quantitative estimate of drug-likeness (QED) is 0.374. The number of H-pyrrole nitrogens is 1. The normalized spacial score (nSPS) is 13.8. The Bertz CT molecular complexity index is 1290. The van der Waals surface area contributed by atoms with E-state index in [1.807, 2.05) is 48.5 Å². The Morgan fingerprint density at radius 2 is 1.58 bits per heavy atom. The Morgan fingerprint density at radius 3 is 2.28 bits per heavy atom. The molecule has 2 aromatic heterocycles. The van der Waals surface area contributed by atoms with E-state index in [2.05, 4.69) is 35.9 Å². The molecule has 0 spiro atoms. The molecule has 2 heterocycles. The number of benzene rings is 2. The molecule has 2 N–H and O–H groups in total. The van der Waals surface area contributed by atoms with Gasteiger partial charge in [-0.15, -0.1) is 5.10 Å². The van der Waals surface area contributed by atoms with Crippen molar-refractivity contribution in [3.63, 3.8) is 0 Å². The van der Waals surface area contributed by atoms with E-state index in [9.17, 15) is 13.2 Å². The number of fused-ring (bicyclic) bond motifs is 1. The third-order valence-corrected chi connectivity index (χ3v) is 6.19. The molecule has 0 aliphatic heterocycles. The van der Waals surface area contributed by atoms with Gasteiger partial charge in [0.15, 0.2) is 5.82 Å². The van der Waals surface area contributed by atoms with Crippen molar-refractivity contribution in [2.45, 2.75) is 51.2 Å². The standard InChI is InChI=1S/C25H24F3N7.Na.H/c26-25(27,28)24-30-21-10-4-2-1-3-9-20(21)22(31-24)29-15-16-11-13-17(14-12-16)18-7-5-6-8-19(18)23-32-34-35-33-23;;/h5-8,11-14H,1-4,9-10,15H2,(H,29,30,31)(H,32,33,34,35);;. The topological polar surface area (TPSA) is 92.3 Å². The van der Waals surface area contributed by atoms with E-state index in [4.69, 9.17) is 0 Å². The number of hydrogen-bond donors (Lipinski definition) is 2. The second-order valence-corrected chi connectivity index (χ2v) is 8.58. The number of anilines is 1. The van der Waals surface area contributed by atoms with E-state index in [0.29, 0.717) is 30.9 Å². The second-order valence-electron chi connectivity index (χ2n) is 8.58. The summed E-state index contributed by atoms with van der Waals surface area (Å²) < 4.78 is 40.4. The van der Waals surface area contributed by atoms with Crippen molar-refractivity contribution in [1.82, 2.24) is 30.6 Å². The summed E-state index contributed by atoms with van der Waals surface area (Å²) in [7, 11) is 0. The molecule has 0 atom stereocenters. The van der Waals surface area contributed by atoms with Crippen LogP contribution in [0.25, 0.3) is 22.5 Å². The molecule has 0 unspecified atom stereocenters. The molecule has 5 rings (SSSR count). The first-order valence-electron chi connectivity index (χ1n) is 11.6. The summed E-state index contributed by atoms with van der Waals surface area (Å²) in [6.07, 6.45) is 0.482. The average Bonchev–Trinajstić information content (AvgIpc) is 3.38. The van der Waals surface area contributed by atoms with Gasteiger partial charge in [-0.1, -0.05) is 61.4 Å². The van der Waals surface area contributed by atoms with E-state index in [-0.39, 0.29) is 35.4 Å². The van der Waals surface area contributed by atoms with Crippen LogP contribution < -0.4 is 5.32 Å². The molecule has 0 fully saturated rings. The Hall–Kier alpha value is -2.82. The number of aromatic nitrogens is 6. The summed E-state index contributed by atoms with van der Waals surface area (Å²) in [6.45, 7) is 0.356. The molecular weight excluding hydrogens is 478 g/mol. The number of halogens is 3. The predicted octanol–water partition coefficient (Wildman–Crippen LogP) is 4.97. The molecule has 36 heavy (non-hydrogen) atoms. The average molecular weight is 504 g/mol. The Kier molecular flexibility index (Phi) is 8.38. The second kappa shape index (κ2) is 11.5. The number of aryl methyl sites for hydroxylation is 1. The summed E-state index contributed by atoms with van der Waals surface area (Å²) in [5.41, 5.74) is 5.08. The Labute approximate surface area is 228 Å². The third kappa shape index (κ3) is 5.93. The fourth-order valence-corrected chi connectivity index (χ4v) is 4.42. The molecule has 0 radical (unpaired) electrons. The predicted molar refractivity (Wildman–Crippen MR) is 132 cm³/mol. The first-order chi connectivity index (χ1) is 17.0. The molecular formula is C25H25F3N7Na. The Balaban J connectivity index is 0.00000304. The van der Waals surface area contributed by atoms with Gasteiger partial charge in [-0.25, -0.2) is 15.1 Å². The molecule has 4 aromatic rings. The first-order valence-corrected chi connectivity index (χ1v) is 11.6. The summed E-state index contributed by atoms with van der Waals surface area (Å²) >= 11 is 0. The molecule has 1 aliphatic carbocycles. The van der Waals surface area contributed by atoms with Crippen molar-refractivity contribution < 1.29 is 13.2 Å². The van der Waals surface area contributed by atoms with Crippen LogP contribution in [0, 0.1) is 0 Å². The zero-order valence-electron chi connectivity index (χ0n) is 18.9. The van der Waals surface area contributed by atoms with Crippen molar-refractivity contribution in [1.29, 1.82) is 0 Å². The van der Waals surface area contributed by atoms with Crippen LogP contribution in [0.3, 0.4) is 0 Å². The number of aromatic amines is 1. The molecule has 0 bridgehead atoms. The van der Waals surface area contributed by atoms with Gasteiger partial charge in [0.2, 0.25) is 5.82 Å². The SMILES string of the molecule is FC(F)(F)c1nc2c(c(NCc3ccc(-c4ccccc4-c4nnn[nH]4)cc3)n1)CCCCCC2.[NaH]. The van der Waals surface area contributed by atoms with Crippen LogP contribution in [0.5, 0.6) is 0 Å². The number of tetrazole rings is 1. The minimum atomic E-state index is -4.58. The van der Waals surface area contributed by atoms with E-state index >= 15 is 0 Å². The number of hydrogen-bond acceptors (Lipinski definition) is 6. The summed E-state index contributed by atoms with van der Waals surface area (Å²) in [4.78, 5) is 7.76. The van der Waals surface area contributed by atoms with Crippen LogP contribution in [-0.2, 0) is 25.6 Å². The van der Waals surface area contributed by atoms with Gasteiger partial charge in [-0.05, 0) is 52.8 Å². The van der Waals surface area contributed by atoms with Crippen molar-refractivity contribution in [3.05, 3.63) is 71.2 Å². The van der Waals surface area contributed by atoms with Crippen molar-refractivity contribution in [3.8, 4) is 22.5 Å². The first kappa shape index (κ1) is 26.2. The van der Waals surface area contributed by atoms with Crippen LogP contribution in [0.2, 0.25) is 0 Å². The Morgan fingerprint density at radius 1 is 0.861 bits per heavy atom. The number of nitrogens with zero attached hydrogens (tertiary/aromatic N) is 5. The van der Waals surface area contributed by atoms with Crippen LogP contribution in [0.15, 0.2) is 48.5 Å². The van der Waals surface area contributed by atoms with E-state index in [1.54, 1.807) is 0 Å².